The summed E-state index contributed by atoms with van der Waals surface area (Å²) in [4.78, 5) is 4.36. The van der Waals surface area contributed by atoms with E-state index in [-0.39, 0.29) is 18.3 Å². The van der Waals surface area contributed by atoms with Crippen molar-refractivity contribution >= 4 is 24.1 Å². The van der Waals surface area contributed by atoms with Gasteiger partial charge in [-0.15, -0.1) is 0 Å². The van der Waals surface area contributed by atoms with Gasteiger partial charge in [-0.3, -0.25) is 0 Å². The predicted molar refractivity (Wildman–Crippen MR) is 89.7 cm³/mol. The number of anilines is 2. The Morgan fingerprint density at radius 2 is 1.59 bits per heavy atom. The molecule has 2 heterocycles. The molecule has 1 aliphatic rings. The number of nitrogens with one attached hydrogen (secondary N) is 1. The first-order valence-corrected chi connectivity index (χ1v) is 7.51. The van der Waals surface area contributed by atoms with E-state index in [0.717, 1.165) is 17.0 Å². The number of aromatic nitrogens is 1. The minimum absolute atomic E-state index is 0.339. The van der Waals surface area contributed by atoms with Gasteiger partial charge in [0, 0.05) is 11.9 Å². The lowest BCUT2D eigenvalue weighted by Gasteiger charge is -2.32. The highest BCUT2D eigenvalue weighted by Crippen LogP contribution is 2.36. The van der Waals surface area contributed by atoms with Crippen LogP contribution in [0.1, 0.15) is 27.7 Å². The second kappa shape index (κ2) is 5.41. The molecule has 1 N–H and O–H groups in total. The second-order valence-electron chi connectivity index (χ2n) is 6.55. The first kappa shape index (κ1) is 15.1. The Balaban J connectivity index is 1.81. The van der Waals surface area contributed by atoms with Gasteiger partial charge in [0.25, 0.3) is 0 Å². The number of pyridine rings is 1. The van der Waals surface area contributed by atoms with E-state index >= 15 is 0 Å². The fourth-order valence-electron chi connectivity index (χ4n) is 2.31. The van der Waals surface area contributed by atoms with Crippen molar-refractivity contribution in [2.75, 3.05) is 5.32 Å². The van der Waals surface area contributed by atoms with Crippen molar-refractivity contribution in [3.8, 4) is 0 Å². The van der Waals surface area contributed by atoms with Crippen molar-refractivity contribution < 1.29 is 9.31 Å². The Morgan fingerprint density at radius 3 is 2.23 bits per heavy atom. The molecule has 0 spiro atoms. The summed E-state index contributed by atoms with van der Waals surface area (Å²) in [5.74, 6) is 0.776. The number of para-hydroxylation sites is 1. The summed E-state index contributed by atoms with van der Waals surface area (Å²) in [7, 11) is -0.371. The maximum absolute atomic E-state index is 6.08. The molecule has 4 nitrogen and oxygen atoms in total. The highest BCUT2D eigenvalue weighted by atomic mass is 16.7. The van der Waals surface area contributed by atoms with E-state index < -0.39 is 0 Å². The molecule has 1 aromatic carbocycles. The number of benzene rings is 1. The minimum Gasteiger partial charge on any atom is -0.399 e. The van der Waals surface area contributed by atoms with Gasteiger partial charge in [0.05, 0.1) is 11.2 Å². The first-order valence-electron chi connectivity index (χ1n) is 7.51. The summed E-state index contributed by atoms with van der Waals surface area (Å²) in [6.07, 6.45) is 1.77. The van der Waals surface area contributed by atoms with Crippen molar-refractivity contribution in [3.63, 3.8) is 0 Å². The van der Waals surface area contributed by atoms with Gasteiger partial charge in [0.1, 0.15) is 5.82 Å². The van der Waals surface area contributed by atoms with Crippen LogP contribution in [0.25, 0.3) is 0 Å². The molecule has 1 fully saturated rings. The third-order valence-corrected chi connectivity index (χ3v) is 4.36. The summed E-state index contributed by atoms with van der Waals surface area (Å²) < 4.78 is 12.2. The summed E-state index contributed by atoms with van der Waals surface area (Å²) in [5, 5.41) is 3.29. The van der Waals surface area contributed by atoms with E-state index in [9.17, 15) is 0 Å². The molecular weight excluding hydrogens is 275 g/mol. The van der Waals surface area contributed by atoms with Gasteiger partial charge >= 0.3 is 7.12 Å². The van der Waals surface area contributed by atoms with Crippen LogP contribution >= 0.6 is 0 Å². The molecule has 0 atom stereocenters. The second-order valence-corrected chi connectivity index (χ2v) is 6.55. The number of hydrogen-bond acceptors (Lipinski definition) is 4. The molecule has 5 heteroatoms. The van der Waals surface area contributed by atoms with Gasteiger partial charge in [-0.25, -0.2) is 4.98 Å². The molecule has 1 saturated heterocycles. The molecule has 3 rings (SSSR count). The summed E-state index contributed by atoms with van der Waals surface area (Å²) in [5.41, 5.74) is 1.29. The number of nitrogens with zero attached hydrogens (tertiary/aromatic N) is 1. The molecule has 114 valence electrons. The van der Waals surface area contributed by atoms with Crippen LogP contribution in [0.3, 0.4) is 0 Å². The van der Waals surface area contributed by atoms with Crippen molar-refractivity contribution in [1.82, 2.24) is 4.98 Å². The highest BCUT2D eigenvalue weighted by molar-refractivity contribution is 6.62. The zero-order valence-electron chi connectivity index (χ0n) is 13.5. The Labute approximate surface area is 132 Å². The molecular formula is C17H21BN2O2. The van der Waals surface area contributed by atoms with Crippen LogP contribution in [0.4, 0.5) is 11.5 Å². The van der Waals surface area contributed by atoms with Crippen molar-refractivity contribution in [1.29, 1.82) is 0 Å². The van der Waals surface area contributed by atoms with Crippen LogP contribution < -0.4 is 10.8 Å². The predicted octanol–water partition coefficient (Wildman–Crippen LogP) is 3.12. The lowest BCUT2D eigenvalue weighted by Crippen LogP contribution is -2.41. The molecule has 0 radical (unpaired) electrons. The average Bonchev–Trinajstić information content (AvgIpc) is 2.69. The number of rotatable bonds is 3. The molecule has 0 amide bonds. The molecule has 22 heavy (non-hydrogen) atoms. The molecule has 1 aromatic heterocycles. The SMILES string of the molecule is CC1(C)OB(c2ccnc(Nc3ccccc3)c2)OC1(C)C. The first-order chi connectivity index (χ1) is 10.4. The minimum atomic E-state index is -0.371. The molecule has 0 bridgehead atoms. The Hall–Kier alpha value is -1.85. The Morgan fingerprint density at radius 1 is 0.955 bits per heavy atom. The zero-order chi connectivity index (χ0) is 15.8. The van der Waals surface area contributed by atoms with Gasteiger partial charge in [-0.1, -0.05) is 18.2 Å². The van der Waals surface area contributed by atoms with Crippen LogP contribution in [0.15, 0.2) is 48.7 Å². The van der Waals surface area contributed by atoms with Crippen LogP contribution in [0, 0.1) is 0 Å². The van der Waals surface area contributed by atoms with Crippen LogP contribution in [-0.2, 0) is 9.31 Å². The van der Waals surface area contributed by atoms with Crippen molar-refractivity contribution in [2.24, 2.45) is 0 Å². The summed E-state index contributed by atoms with van der Waals surface area (Å²) in [6.45, 7) is 8.21. The highest BCUT2D eigenvalue weighted by Gasteiger charge is 2.51. The third kappa shape index (κ3) is 2.87. The van der Waals surface area contributed by atoms with E-state index in [1.165, 1.54) is 0 Å². The quantitative estimate of drug-likeness (QED) is 0.884. The lowest BCUT2D eigenvalue weighted by atomic mass is 9.80. The van der Waals surface area contributed by atoms with Gasteiger partial charge in [0.15, 0.2) is 0 Å². The molecule has 2 aromatic rings. The largest absolute Gasteiger partial charge is 0.495 e. The van der Waals surface area contributed by atoms with Crippen molar-refractivity contribution in [3.05, 3.63) is 48.7 Å². The number of hydrogen-bond donors (Lipinski definition) is 1. The van der Waals surface area contributed by atoms with Crippen LogP contribution in [-0.4, -0.2) is 23.3 Å². The van der Waals surface area contributed by atoms with E-state index in [1.807, 2.05) is 42.5 Å². The van der Waals surface area contributed by atoms with E-state index in [0.29, 0.717) is 0 Å². The summed E-state index contributed by atoms with van der Waals surface area (Å²) >= 11 is 0. The molecule has 0 saturated carbocycles. The average molecular weight is 296 g/mol. The normalized spacial score (nSPS) is 19.2. The third-order valence-electron chi connectivity index (χ3n) is 4.36. The van der Waals surface area contributed by atoms with Gasteiger partial charge in [-0.05, 0) is 57.4 Å². The lowest BCUT2D eigenvalue weighted by molar-refractivity contribution is 0.00578. The van der Waals surface area contributed by atoms with Gasteiger partial charge in [-0.2, -0.15) is 0 Å². The maximum atomic E-state index is 6.08. The molecule has 0 aliphatic carbocycles. The van der Waals surface area contributed by atoms with Crippen LogP contribution in [0.2, 0.25) is 0 Å². The maximum Gasteiger partial charge on any atom is 0.495 e. The van der Waals surface area contributed by atoms with Gasteiger partial charge in [0.2, 0.25) is 0 Å². The summed E-state index contributed by atoms with van der Waals surface area (Å²) in [6, 6.07) is 13.9. The Kier molecular flexibility index (Phi) is 3.71. The Bertz CT molecular complexity index is 643. The fraction of sp³-hybridized carbons (Fsp3) is 0.353. The smallest absolute Gasteiger partial charge is 0.399 e. The van der Waals surface area contributed by atoms with Gasteiger partial charge < -0.3 is 14.6 Å². The topological polar surface area (TPSA) is 43.4 Å². The van der Waals surface area contributed by atoms with E-state index in [1.54, 1.807) is 6.20 Å². The molecule has 1 aliphatic heterocycles. The fourth-order valence-corrected chi connectivity index (χ4v) is 2.31. The van der Waals surface area contributed by atoms with Crippen LogP contribution in [0.5, 0.6) is 0 Å². The van der Waals surface area contributed by atoms with E-state index in [2.05, 4.69) is 38.0 Å². The standard InChI is InChI=1S/C17H21BN2O2/c1-16(2)17(3,4)22-18(21-16)13-10-11-19-15(12-13)20-14-8-6-5-7-9-14/h5-12H,1-4H3,(H,19,20). The monoisotopic (exact) mass is 296 g/mol. The van der Waals surface area contributed by atoms with Crippen molar-refractivity contribution in [2.45, 2.75) is 38.9 Å². The zero-order valence-corrected chi connectivity index (χ0v) is 13.5. The molecule has 0 unspecified atom stereocenters. The van der Waals surface area contributed by atoms with E-state index in [4.69, 9.17) is 9.31 Å².